The SMILES string of the molecule is C/C=C\C=C(/CC)NC(=C/C)/N=C\CC(C)C1=CC=C(C(=O)NC(CCC)CCC)CC1. The third-order valence-corrected chi connectivity index (χ3v) is 5.84. The minimum atomic E-state index is 0.114. The van der Waals surface area contributed by atoms with E-state index in [0.29, 0.717) is 12.0 Å². The predicted octanol–water partition coefficient (Wildman–Crippen LogP) is 7.14. The quantitative estimate of drug-likeness (QED) is 0.223. The second-order valence-electron chi connectivity index (χ2n) is 8.50. The van der Waals surface area contributed by atoms with Gasteiger partial charge in [-0.1, -0.05) is 70.4 Å². The van der Waals surface area contributed by atoms with E-state index >= 15 is 0 Å². The van der Waals surface area contributed by atoms with Crippen LogP contribution in [0.4, 0.5) is 0 Å². The fraction of sp³-hybridized carbons (Fsp3) is 0.571. The van der Waals surface area contributed by atoms with E-state index in [4.69, 9.17) is 0 Å². The summed E-state index contributed by atoms with van der Waals surface area (Å²) in [4.78, 5) is 17.3. The molecule has 1 rings (SSSR count). The Labute approximate surface area is 196 Å². The highest BCUT2D eigenvalue weighted by Crippen LogP contribution is 2.26. The smallest absolute Gasteiger partial charge is 0.247 e. The first-order valence-corrected chi connectivity index (χ1v) is 12.5. The molecule has 0 aromatic rings. The van der Waals surface area contributed by atoms with Crippen LogP contribution < -0.4 is 10.6 Å². The van der Waals surface area contributed by atoms with Crippen LogP contribution in [0, 0.1) is 5.92 Å². The van der Waals surface area contributed by atoms with Gasteiger partial charge in [0.25, 0.3) is 0 Å². The Hall–Kier alpha value is -2.36. The Morgan fingerprint density at radius 1 is 1.12 bits per heavy atom. The molecule has 0 heterocycles. The van der Waals surface area contributed by atoms with Crippen molar-refractivity contribution in [3.05, 3.63) is 59.1 Å². The second-order valence-corrected chi connectivity index (χ2v) is 8.50. The van der Waals surface area contributed by atoms with Crippen LogP contribution in [0.1, 0.15) is 92.9 Å². The van der Waals surface area contributed by atoms with Crippen LogP contribution in [0.25, 0.3) is 0 Å². The summed E-state index contributed by atoms with van der Waals surface area (Å²) in [7, 11) is 0. The molecule has 0 aliphatic heterocycles. The standard InChI is InChI=1S/C28H45N3O/c1-7-12-15-25(10-4)30-27(11-5)29-21-20-22(6)23-16-18-24(19-17-23)28(32)31-26(13-8-2)14-9-3/h7,11-12,15-16,18,21-22,26,30H,8-10,13-14,17,19-20H2,1-6H3,(H,31,32)/b12-7-,25-15+,27-11+,29-21-. The first-order valence-electron chi connectivity index (χ1n) is 12.5. The van der Waals surface area contributed by atoms with Crippen molar-refractivity contribution in [1.82, 2.24) is 10.6 Å². The van der Waals surface area contributed by atoms with Crippen molar-refractivity contribution in [2.45, 2.75) is 99.0 Å². The van der Waals surface area contributed by atoms with Gasteiger partial charge < -0.3 is 10.6 Å². The maximum atomic E-state index is 12.6. The zero-order valence-corrected chi connectivity index (χ0v) is 21.2. The van der Waals surface area contributed by atoms with Crippen LogP contribution in [0.3, 0.4) is 0 Å². The molecule has 178 valence electrons. The minimum absolute atomic E-state index is 0.114. The average molecular weight is 440 g/mol. The molecule has 2 N–H and O–H groups in total. The van der Waals surface area contributed by atoms with Gasteiger partial charge in [-0.2, -0.15) is 0 Å². The highest BCUT2D eigenvalue weighted by Gasteiger charge is 2.18. The van der Waals surface area contributed by atoms with Gasteiger partial charge in [0.2, 0.25) is 5.91 Å². The fourth-order valence-electron chi connectivity index (χ4n) is 3.78. The third kappa shape index (κ3) is 10.3. The van der Waals surface area contributed by atoms with Gasteiger partial charge in [-0.05, 0) is 70.4 Å². The lowest BCUT2D eigenvalue weighted by molar-refractivity contribution is -0.118. The number of nitrogens with one attached hydrogen (secondary N) is 2. The lowest BCUT2D eigenvalue weighted by atomic mass is 9.88. The summed E-state index contributed by atoms with van der Waals surface area (Å²) in [5, 5.41) is 6.64. The van der Waals surface area contributed by atoms with Gasteiger partial charge in [0, 0.05) is 23.5 Å². The van der Waals surface area contributed by atoms with Gasteiger partial charge >= 0.3 is 0 Å². The molecule has 0 radical (unpaired) electrons. The number of hydrogen-bond acceptors (Lipinski definition) is 3. The molecule has 0 saturated heterocycles. The first-order chi connectivity index (χ1) is 15.5. The summed E-state index contributed by atoms with van der Waals surface area (Å²) in [5.41, 5.74) is 3.45. The molecule has 0 aromatic heterocycles. The van der Waals surface area contributed by atoms with Gasteiger partial charge in [0.05, 0.1) is 0 Å². The monoisotopic (exact) mass is 439 g/mol. The zero-order valence-electron chi connectivity index (χ0n) is 21.2. The van der Waals surface area contributed by atoms with Crippen LogP contribution >= 0.6 is 0 Å². The Balaban J connectivity index is 2.65. The van der Waals surface area contributed by atoms with E-state index in [2.05, 4.69) is 55.5 Å². The molecule has 1 aliphatic carbocycles. The van der Waals surface area contributed by atoms with Gasteiger partial charge in [0.1, 0.15) is 5.82 Å². The number of hydrogen-bond donors (Lipinski definition) is 2. The Morgan fingerprint density at radius 3 is 2.38 bits per heavy atom. The summed E-state index contributed by atoms with van der Waals surface area (Å²) in [6.07, 6.45) is 22.2. The van der Waals surface area contributed by atoms with Crippen molar-refractivity contribution >= 4 is 12.1 Å². The number of carbonyl (C=O) groups excluding carboxylic acids is 1. The average Bonchev–Trinajstić information content (AvgIpc) is 2.80. The number of rotatable bonds is 14. The molecule has 0 spiro atoms. The molecule has 0 aromatic carbocycles. The maximum Gasteiger partial charge on any atom is 0.247 e. The minimum Gasteiger partial charge on any atom is -0.350 e. The second kappa shape index (κ2) is 16.3. The van der Waals surface area contributed by atoms with Crippen molar-refractivity contribution < 1.29 is 4.79 Å². The van der Waals surface area contributed by atoms with E-state index < -0.39 is 0 Å². The van der Waals surface area contributed by atoms with E-state index in [1.165, 1.54) is 5.57 Å². The molecule has 4 nitrogen and oxygen atoms in total. The zero-order chi connectivity index (χ0) is 23.8. The van der Waals surface area contributed by atoms with Gasteiger partial charge in [-0.3, -0.25) is 4.79 Å². The highest BCUT2D eigenvalue weighted by molar-refractivity contribution is 5.94. The number of allylic oxidation sites excluding steroid dienone is 8. The summed E-state index contributed by atoms with van der Waals surface area (Å²) in [5.74, 6) is 1.40. The molecule has 0 saturated carbocycles. The van der Waals surface area contributed by atoms with E-state index in [0.717, 1.165) is 68.5 Å². The molecule has 0 fully saturated rings. The lowest BCUT2D eigenvalue weighted by Gasteiger charge is -2.22. The summed E-state index contributed by atoms with van der Waals surface area (Å²) in [6.45, 7) is 12.7. The first kappa shape index (κ1) is 27.7. The molecule has 1 amide bonds. The van der Waals surface area contributed by atoms with Crippen molar-refractivity contribution in [1.29, 1.82) is 0 Å². The Morgan fingerprint density at radius 2 is 1.84 bits per heavy atom. The van der Waals surface area contributed by atoms with E-state index in [1.54, 1.807) is 0 Å². The van der Waals surface area contributed by atoms with Crippen molar-refractivity contribution in [3.63, 3.8) is 0 Å². The number of carbonyl (C=O) groups is 1. The maximum absolute atomic E-state index is 12.6. The highest BCUT2D eigenvalue weighted by atomic mass is 16.1. The fourth-order valence-corrected chi connectivity index (χ4v) is 3.78. The summed E-state index contributed by atoms with van der Waals surface area (Å²) >= 11 is 0. The van der Waals surface area contributed by atoms with Gasteiger partial charge in [-0.25, -0.2) is 4.99 Å². The Bertz CT molecular complexity index is 747. The molecule has 1 aliphatic rings. The van der Waals surface area contributed by atoms with Crippen LogP contribution in [0.5, 0.6) is 0 Å². The number of aliphatic imine (C=N–C) groups is 1. The van der Waals surface area contributed by atoms with Crippen molar-refractivity contribution in [2.75, 3.05) is 0 Å². The van der Waals surface area contributed by atoms with Crippen molar-refractivity contribution in [2.24, 2.45) is 10.9 Å². The number of nitrogens with zero attached hydrogens (tertiary/aromatic N) is 1. The largest absolute Gasteiger partial charge is 0.350 e. The summed E-state index contributed by atoms with van der Waals surface area (Å²) < 4.78 is 0. The van der Waals surface area contributed by atoms with E-state index in [-0.39, 0.29) is 5.91 Å². The van der Waals surface area contributed by atoms with Crippen LogP contribution in [0.15, 0.2) is 64.1 Å². The molecule has 32 heavy (non-hydrogen) atoms. The van der Waals surface area contributed by atoms with Crippen LogP contribution in [-0.2, 0) is 4.79 Å². The molecule has 4 heteroatoms. The third-order valence-electron chi connectivity index (χ3n) is 5.84. The van der Waals surface area contributed by atoms with Crippen LogP contribution in [-0.4, -0.2) is 18.2 Å². The molecule has 1 atom stereocenters. The molecule has 0 bridgehead atoms. The van der Waals surface area contributed by atoms with E-state index in [9.17, 15) is 4.79 Å². The predicted molar refractivity (Wildman–Crippen MR) is 140 cm³/mol. The van der Waals surface area contributed by atoms with Gasteiger partial charge in [-0.15, -0.1) is 0 Å². The molecular formula is C28H45N3O. The van der Waals surface area contributed by atoms with Gasteiger partial charge in [0.15, 0.2) is 0 Å². The normalized spacial score (nSPS) is 16.5. The topological polar surface area (TPSA) is 53.5 Å². The lowest BCUT2D eigenvalue weighted by Crippen LogP contribution is -2.35. The molecule has 1 unspecified atom stereocenters. The number of amides is 1. The Kier molecular flexibility index (Phi) is 14.1. The van der Waals surface area contributed by atoms with Crippen LogP contribution in [0.2, 0.25) is 0 Å². The van der Waals surface area contributed by atoms with Crippen molar-refractivity contribution in [3.8, 4) is 0 Å². The molecular weight excluding hydrogens is 394 g/mol. The summed E-state index contributed by atoms with van der Waals surface area (Å²) in [6, 6.07) is 0.300. The van der Waals surface area contributed by atoms with E-state index in [1.807, 2.05) is 44.4 Å².